The highest BCUT2D eigenvalue weighted by atomic mass is 15.0. The molecule has 0 aromatic heterocycles. The number of hydrogen-bond donors (Lipinski definition) is 2. The molecule has 0 aliphatic heterocycles. The van der Waals surface area contributed by atoms with Crippen molar-refractivity contribution in [1.29, 1.82) is 5.26 Å². The molecule has 1 fully saturated rings. The van der Waals surface area contributed by atoms with E-state index in [0.717, 1.165) is 5.69 Å². The van der Waals surface area contributed by atoms with Gasteiger partial charge in [0.2, 0.25) is 0 Å². The molecule has 0 heterocycles. The van der Waals surface area contributed by atoms with E-state index >= 15 is 0 Å². The Labute approximate surface area is 132 Å². The second-order valence-corrected chi connectivity index (χ2v) is 5.84. The molecular weight excluding hydrogens is 270 g/mol. The third-order valence-electron chi connectivity index (χ3n) is 4.26. The number of nitrogens with one attached hydrogen (secondary N) is 2. The average molecular weight is 291 g/mol. The van der Waals surface area contributed by atoms with Crippen LogP contribution in [0.3, 0.4) is 0 Å². The summed E-state index contributed by atoms with van der Waals surface area (Å²) >= 11 is 0. The van der Waals surface area contributed by atoms with Crippen molar-refractivity contribution >= 4 is 11.4 Å². The first-order valence-corrected chi connectivity index (χ1v) is 7.93. The Morgan fingerprint density at radius 2 is 1.32 bits per heavy atom. The van der Waals surface area contributed by atoms with Gasteiger partial charge in [0, 0.05) is 23.5 Å². The van der Waals surface area contributed by atoms with Gasteiger partial charge in [-0.05, 0) is 49.2 Å². The van der Waals surface area contributed by atoms with Crippen LogP contribution in [0.2, 0.25) is 0 Å². The molecule has 0 saturated heterocycles. The van der Waals surface area contributed by atoms with Gasteiger partial charge in [-0.25, -0.2) is 0 Å². The number of benzene rings is 2. The largest absolute Gasteiger partial charge is 0.380 e. The minimum Gasteiger partial charge on any atom is -0.380 e. The maximum atomic E-state index is 8.88. The first kappa shape index (κ1) is 14.5. The Balaban J connectivity index is 1.68. The summed E-state index contributed by atoms with van der Waals surface area (Å²) in [6, 6.07) is 21.1. The zero-order chi connectivity index (χ0) is 15.2. The summed E-state index contributed by atoms with van der Waals surface area (Å²) in [7, 11) is 0. The summed E-state index contributed by atoms with van der Waals surface area (Å²) < 4.78 is 0. The lowest BCUT2D eigenvalue weighted by Crippen LogP contribution is -2.41. The predicted octanol–water partition coefficient (Wildman–Crippen LogP) is 4.39. The molecule has 0 bridgehead atoms. The Morgan fingerprint density at radius 1 is 0.773 bits per heavy atom. The molecule has 0 amide bonds. The van der Waals surface area contributed by atoms with Gasteiger partial charge in [0.15, 0.2) is 0 Å². The standard InChI is InChI=1S/C19H21N3/c20-14-15-10-12-17(13-11-15)22-19-9-5-4-8-18(19)21-16-6-2-1-3-7-16/h1-3,6-7,10-13,18-19,21-22H,4-5,8-9H2/t18-,19-/m0/s1. The van der Waals surface area contributed by atoms with Crippen molar-refractivity contribution in [3.63, 3.8) is 0 Å². The van der Waals surface area contributed by atoms with Gasteiger partial charge in [0.25, 0.3) is 0 Å². The topological polar surface area (TPSA) is 47.9 Å². The molecule has 2 N–H and O–H groups in total. The van der Waals surface area contributed by atoms with E-state index in [2.05, 4.69) is 41.0 Å². The summed E-state index contributed by atoms with van der Waals surface area (Å²) in [5.74, 6) is 0. The van der Waals surface area contributed by atoms with Gasteiger partial charge in [-0.2, -0.15) is 5.26 Å². The van der Waals surface area contributed by atoms with E-state index in [1.54, 1.807) is 0 Å². The quantitative estimate of drug-likeness (QED) is 0.878. The van der Waals surface area contributed by atoms with Crippen molar-refractivity contribution in [3.8, 4) is 6.07 Å². The molecule has 3 rings (SSSR count). The van der Waals surface area contributed by atoms with Crippen LogP contribution in [0.15, 0.2) is 54.6 Å². The predicted molar refractivity (Wildman–Crippen MR) is 90.9 cm³/mol. The van der Waals surface area contributed by atoms with Crippen LogP contribution in [-0.2, 0) is 0 Å². The van der Waals surface area contributed by atoms with Crippen LogP contribution >= 0.6 is 0 Å². The molecule has 1 aliphatic carbocycles. The Bertz CT molecular complexity index is 628. The van der Waals surface area contributed by atoms with E-state index in [-0.39, 0.29) is 0 Å². The zero-order valence-electron chi connectivity index (χ0n) is 12.6. The number of rotatable bonds is 4. The monoisotopic (exact) mass is 291 g/mol. The van der Waals surface area contributed by atoms with E-state index in [1.165, 1.54) is 31.4 Å². The molecule has 3 heteroatoms. The lowest BCUT2D eigenvalue weighted by Gasteiger charge is -2.34. The van der Waals surface area contributed by atoms with Crippen molar-refractivity contribution in [3.05, 3.63) is 60.2 Å². The van der Waals surface area contributed by atoms with E-state index in [0.29, 0.717) is 17.6 Å². The molecular formula is C19H21N3. The van der Waals surface area contributed by atoms with E-state index in [1.807, 2.05) is 30.3 Å². The second kappa shape index (κ2) is 7.00. The summed E-state index contributed by atoms with van der Waals surface area (Å²) in [5, 5.41) is 16.2. The zero-order valence-corrected chi connectivity index (χ0v) is 12.6. The van der Waals surface area contributed by atoms with Crippen molar-refractivity contribution in [2.45, 2.75) is 37.8 Å². The highest BCUT2D eigenvalue weighted by Gasteiger charge is 2.24. The van der Waals surface area contributed by atoms with Gasteiger partial charge in [0.1, 0.15) is 0 Å². The van der Waals surface area contributed by atoms with Crippen LogP contribution in [0.1, 0.15) is 31.2 Å². The van der Waals surface area contributed by atoms with Crippen LogP contribution in [0.25, 0.3) is 0 Å². The number of nitrogens with zero attached hydrogens (tertiary/aromatic N) is 1. The molecule has 2 atom stereocenters. The lowest BCUT2D eigenvalue weighted by molar-refractivity contribution is 0.424. The molecule has 1 aliphatic rings. The molecule has 2 aromatic carbocycles. The molecule has 0 spiro atoms. The van der Waals surface area contributed by atoms with E-state index in [9.17, 15) is 0 Å². The molecule has 2 aromatic rings. The fraction of sp³-hybridized carbons (Fsp3) is 0.316. The highest BCUT2D eigenvalue weighted by Crippen LogP contribution is 2.25. The normalized spacial score (nSPS) is 20.9. The van der Waals surface area contributed by atoms with Crippen LogP contribution in [0.5, 0.6) is 0 Å². The summed E-state index contributed by atoms with van der Waals surface area (Å²) in [6.07, 6.45) is 4.89. The van der Waals surface area contributed by atoms with Crippen LogP contribution in [0, 0.1) is 11.3 Å². The number of para-hydroxylation sites is 1. The van der Waals surface area contributed by atoms with Crippen LogP contribution in [-0.4, -0.2) is 12.1 Å². The maximum Gasteiger partial charge on any atom is 0.0991 e. The number of nitriles is 1. The van der Waals surface area contributed by atoms with Crippen LogP contribution in [0.4, 0.5) is 11.4 Å². The fourth-order valence-electron chi connectivity index (χ4n) is 3.08. The number of hydrogen-bond acceptors (Lipinski definition) is 3. The molecule has 1 saturated carbocycles. The Hall–Kier alpha value is -2.47. The highest BCUT2D eigenvalue weighted by molar-refractivity contribution is 5.49. The first-order chi connectivity index (χ1) is 10.8. The van der Waals surface area contributed by atoms with Gasteiger partial charge in [-0.3, -0.25) is 0 Å². The minimum absolute atomic E-state index is 0.418. The van der Waals surface area contributed by atoms with Gasteiger partial charge in [-0.1, -0.05) is 31.0 Å². The van der Waals surface area contributed by atoms with Crippen molar-refractivity contribution in [2.24, 2.45) is 0 Å². The maximum absolute atomic E-state index is 8.88. The minimum atomic E-state index is 0.418. The van der Waals surface area contributed by atoms with Crippen molar-refractivity contribution in [1.82, 2.24) is 0 Å². The number of anilines is 2. The molecule has 112 valence electrons. The molecule has 0 unspecified atom stereocenters. The van der Waals surface area contributed by atoms with Crippen molar-refractivity contribution in [2.75, 3.05) is 10.6 Å². The molecule has 22 heavy (non-hydrogen) atoms. The van der Waals surface area contributed by atoms with E-state index < -0.39 is 0 Å². The van der Waals surface area contributed by atoms with Crippen molar-refractivity contribution < 1.29 is 0 Å². The summed E-state index contributed by atoms with van der Waals surface area (Å²) in [5.41, 5.74) is 2.97. The first-order valence-electron chi connectivity index (χ1n) is 7.93. The van der Waals surface area contributed by atoms with Gasteiger partial charge in [0.05, 0.1) is 11.6 Å². The fourth-order valence-corrected chi connectivity index (χ4v) is 3.08. The lowest BCUT2D eigenvalue weighted by atomic mass is 9.89. The SMILES string of the molecule is N#Cc1ccc(N[C@H]2CCCC[C@@H]2Nc2ccccc2)cc1. The van der Waals surface area contributed by atoms with E-state index in [4.69, 9.17) is 5.26 Å². The van der Waals surface area contributed by atoms with Gasteiger partial charge >= 0.3 is 0 Å². The third kappa shape index (κ3) is 3.59. The summed E-state index contributed by atoms with van der Waals surface area (Å²) in [4.78, 5) is 0. The molecule has 0 radical (unpaired) electrons. The Morgan fingerprint density at radius 3 is 1.86 bits per heavy atom. The third-order valence-corrected chi connectivity index (χ3v) is 4.26. The Kier molecular flexibility index (Phi) is 4.60. The van der Waals surface area contributed by atoms with Gasteiger partial charge < -0.3 is 10.6 Å². The average Bonchev–Trinajstić information content (AvgIpc) is 2.58. The second-order valence-electron chi connectivity index (χ2n) is 5.84. The van der Waals surface area contributed by atoms with Crippen LogP contribution < -0.4 is 10.6 Å². The smallest absolute Gasteiger partial charge is 0.0991 e. The summed E-state index contributed by atoms with van der Waals surface area (Å²) in [6.45, 7) is 0. The molecule has 3 nitrogen and oxygen atoms in total. The van der Waals surface area contributed by atoms with Gasteiger partial charge in [-0.15, -0.1) is 0 Å².